The maximum atomic E-state index is 12.3. The third-order valence-electron chi connectivity index (χ3n) is 3.31. The monoisotopic (exact) mass is 307 g/mol. The molecule has 1 unspecified atom stereocenters. The number of carbonyl (C=O) groups excluding carboxylic acids is 1. The van der Waals surface area contributed by atoms with Gasteiger partial charge in [0.1, 0.15) is 6.26 Å². The fourth-order valence-electron chi connectivity index (χ4n) is 1.88. The summed E-state index contributed by atoms with van der Waals surface area (Å²) < 4.78 is 5.02. The molecule has 1 aromatic heterocycles. The molecular weight excluding hydrogens is 294 g/mol. The summed E-state index contributed by atoms with van der Waals surface area (Å²) in [6, 6.07) is 8.19. The molecule has 0 radical (unpaired) electrons. The molecule has 0 saturated carbocycles. The van der Waals surface area contributed by atoms with E-state index in [2.05, 4.69) is 0 Å². The normalized spacial score (nSPS) is 12.0. The number of hydrogen-bond acceptors (Lipinski definition) is 3. The molecule has 2 aromatic rings. The van der Waals surface area contributed by atoms with Gasteiger partial charge in [0, 0.05) is 18.1 Å². The smallest absolute Gasteiger partial charge is 0.338 e. The molecule has 0 aliphatic rings. The minimum Gasteiger partial charge on any atom is -0.478 e. The van der Waals surface area contributed by atoms with E-state index in [0.29, 0.717) is 5.02 Å². The van der Waals surface area contributed by atoms with E-state index in [9.17, 15) is 9.59 Å². The molecule has 6 heteroatoms. The lowest BCUT2D eigenvalue weighted by molar-refractivity contribution is 0.0692. The van der Waals surface area contributed by atoms with Gasteiger partial charge in [-0.25, -0.2) is 4.79 Å². The summed E-state index contributed by atoms with van der Waals surface area (Å²) >= 11 is 5.84. The average Bonchev–Trinajstić information content (AvgIpc) is 2.96. The highest BCUT2D eigenvalue weighted by Crippen LogP contribution is 2.23. The maximum absolute atomic E-state index is 12.3. The van der Waals surface area contributed by atoms with Gasteiger partial charge in [-0.15, -0.1) is 0 Å². The molecule has 1 atom stereocenters. The van der Waals surface area contributed by atoms with Gasteiger partial charge in [0.2, 0.25) is 0 Å². The largest absolute Gasteiger partial charge is 0.478 e. The third kappa shape index (κ3) is 3.25. The van der Waals surface area contributed by atoms with E-state index in [-0.39, 0.29) is 23.3 Å². The van der Waals surface area contributed by atoms with Crippen LogP contribution in [-0.4, -0.2) is 28.9 Å². The zero-order chi connectivity index (χ0) is 15.6. The number of furan rings is 1. The molecule has 0 fully saturated rings. The Morgan fingerprint density at radius 3 is 2.43 bits per heavy atom. The fourth-order valence-corrected chi connectivity index (χ4v) is 2.00. The second kappa shape index (κ2) is 6.01. The second-order valence-corrected chi connectivity index (χ2v) is 5.08. The number of benzene rings is 1. The Labute approximate surface area is 126 Å². The van der Waals surface area contributed by atoms with Crippen LogP contribution in [0.2, 0.25) is 5.02 Å². The van der Waals surface area contributed by atoms with E-state index >= 15 is 0 Å². The molecule has 0 saturated heterocycles. The molecule has 2 rings (SSSR count). The van der Waals surface area contributed by atoms with Crippen molar-refractivity contribution < 1.29 is 19.1 Å². The minimum absolute atomic E-state index is 0.00397. The van der Waals surface area contributed by atoms with Crippen molar-refractivity contribution in [1.29, 1.82) is 0 Å². The van der Waals surface area contributed by atoms with Gasteiger partial charge in [0.25, 0.3) is 5.91 Å². The van der Waals surface area contributed by atoms with Crippen molar-refractivity contribution in [1.82, 2.24) is 4.90 Å². The summed E-state index contributed by atoms with van der Waals surface area (Å²) in [6.45, 7) is 1.86. The van der Waals surface area contributed by atoms with Crippen molar-refractivity contribution in [3.63, 3.8) is 0 Å². The summed E-state index contributed by atoms with van der Waals surface area (Å²) in [5.74, 6) is -1.52. The average molecular weight is 308 g/mol. The Kier molecular flexibility index (Phi) is 4.33. The number of halogens is 1. The Morgan fingerprint density at radius 1 is 1.29 bits per heavy atom. The highest BCUT2D eigenvalue weighted by molar-refractivity contribution is 6.30. The van der Waals surface area contributed by atoms with Gasteiger partial charge in [-0.3, -0.25) is 4.79 Å². The summed E-state index contributed by atoms with van der Waals surface area (Å²) in [5, 5.41) is 9.46. The first-order chi connectivity index (χ1) is 9.90. The quantitative estimate of drug-likeness (QED) is 0.939. The van der Waals surface area contributed by atoms with Crippen molar-refractivity contribution in [2.24, 2.45) is 0 Å². The Bertz CT molecular complexity index is 663. The van der Waals surface area contributed by atoms with Crippen molar-refractivity contribution in [3.8, 4) is 0 Å². The number of carboxylic acid groups (broad SMARTS) is 1. The first-order valence-corrected chi connectivity index (χ1v) is 6.62. The number of amides is 1. The van der Waals surface area contributed by atoms with E-state index < -0.39 is 5.97 Å². The van der Waals surface area contributed by atoms with Crippen LogP contribution in [0.25, 0.3) is 0 Å². The van der Waals surface area contributed by atoms with Crippen LogP contribution in [0.4, 0.5) is 0 Å². The van der Waals surface area contributed by atoms with E-state index in [0.717, 1.165) is 11.8 Å². The molecule has 1 heterocycles. The van der Waals surface area contributed by atoms with Crippen LogP contribution in [0.3, 0.4) is 0 Å². The first-order valence-electron chi connectivity index (χ1n) is 6.24. The zero-order valence-corrected chi connectivity index (χ0v) is 12.3. The van der Waals surface area contributed by atoms with E-state index in [4.69, 9.17) is 21.1 Å². The van der Waals surface area contributed by atoms with Gasteiger partial charge in [-0.1, -0.05) is 23.7 Å². The maximum Gasteiger partial charge on any atom is 0.338 e. The highest BCUT2D eigenvalue weighted by atomic mass is 35.5. The van der Waals surface area contributed by atoms with Gasteiger partial charge in [0.15, 0.2) is 5.76 Å². The van der Waals surface area contributed by atoms with Crippen molar-refractivity contribution in [3.05, 3.63) is 58.5 Å². The van der Waals surface area contributed by atoms with E-state index in [1.807, 2.05) is 19.1 Å². The number of carbonyl (C=O) groups is 2. The lowest BCUT2D eigenvalue weighted by Gasteiger charge is -2.24. The van der Waals surface area contributed by atoms with Gasteiger partial charge < -0.3 is 14.4 Å². The van der Waals surface area contributed by atoms with Crippen LogP contribution in [0.15, 0.2) is 41.0 Å². The Morgan fingerprint density at radius 2 is 1.90 bits per heavy atom. The van der Waals surface area contributed by atoms with Crippen LogP contribution in [0.1, 0.15) is 39.4 Å². The molecule has 1 aromatic carbocycles. The highest BCUT2D eigenvalue weighted by Gasteiger charge is 2.22. The number of hydrogen-bond donors (Lipinski definition) is 1. The van der Waals surface area contributed by atoms with Crippen LogP contribution in [-0.2, 0) is 0 Å². The SMILES string of the molecule is CC(c1ccc(Cl)cc1)N(C)C(=O)c1cc(C(=O)O)co1. The topological polar surface area (TPSA) is 70.8 Å². The van der Waals surface area contributed by atoms with Gasteiger partial charge in [-0.05, 0) is 24.6 Å². The summed E-state index contributed by atoms with van der Waals surface area (Å²) in [7, 11) is 1.63. The van der Waals surface area contributed by atoms with Crippen molar-refractivity contribution in [2.45, 2.75) is 13.0 Å². The first kappa shape index (κ1) is 15.1. The summed E-state index contributed by atoms with van der Waals surface area (Å²) in [5.41, 5.74) is 0.867. The lowest BCUT2D eigenvalue weighted by atomic mass is 10.1. The third-order valence-corrected chi connectivity index (χ3v) is 3.56. The van der Waals surface area contributed by atoms with Crippen LogP contribution >= 0.6 is 11.6 Å². The van der Waals surface area contributed by atoms with Crippen molar-refractivity contribution in [2.75, 3.05) is 7.05 Å². The standard InChI is InChI=1S/C15H14ClNO4/c1-9(10-3-5-12(16)6-4-10)17(2)14(18)13-7-11(8-21-13)15(19)20/h3-9H,1-2H3,(H,19,20). The Balaban J connectivity index is 2.17. The van der Waals surface area contributed by atoms with Gasteiger partial charge >= 0.3 is 5.97 Å². The molecule has 0 bridgehead atoms. The van der Waals surface area contributed by atoms with Gasteiger partial charge in [0.05, 0.1) is 11.6 Å². The molecular formula is C15H14ClNO4. The summed E-state index contributed by atoms with van der Waals surface area (Å²) in [6.07, 6.45) is 1.05. The Hall–Kier alpha value is -2.27. The number of carboxylic acids is 1. The minimum atomic E-state index is -1.13. The number of nitrogens with zero attached hydrogens (tertiary/aromatic N) is 1. The van der Waals surface area contributed by atoms with E-state index in [1.54, 1.807) is 19.2 Å². The number of aromatic carboxylic acids is 1. The molecule has 5 nitrogen and oxygen atoms in total. The molecule has 0 aliphatic carbocycles. The summed E-state index contributed by atoms with van der Waals surface area (Å²) in [4.78, 5) is 24.6. The predicted molar refractivity (Wildman–Crippen MR) is 77.6 cm³/mol. The zero-order valence-electron chi connectivity index (χ0n) is 11.5. The van der Waals surface area contributed by atoms with Crippen LogP contribution in [0.5, 0.6) is 0 Å². The molecule has 21 heavy (non-hydrogen) atoms. The predicted octanol–water partition coefficient (Wildman–Crippen LogP) is 3.46. The van der Waals surface area contributed by atoms with Crippen LogP contribution in [0, 0.1) is 0 Å². The lowest BCUT2D eigenvalue weighted by Crippen LogP contribution is -2.29. The molecule has 110 valence electrons. The molecule has 0 spiro atoms. The van der Waals surface area contributed by atoms with E-state index in [1.165, 1.54) is 11.0 Å². The fraction of sp³-hybridized carbons (Fsp3) is 0.200. The molecule has 0 aliphatic heterocycles. The number of rotatable bonds is 4. The molecule has 1 amide bonds. The second-order valence-electron chi connectivity index (χ2n) is 4.65. The van der Waals surface area contributed by atoms with Gasteiger partial charge in [-0.2, -0.15) is 0 Å². The van der Waals surface area contributed by atoms with Crippen LogP contribution < -0.4 is 0 Å². The van der Waals surface area contributed by atoms with Crippen molar-refractivity contribution >= 4 is 23.5 Å². The molecule has 1 N–H and O–H groups in total.